The zero-order valence-corrected chi connectivity index (χ0v) is 22.5. The number of hydrogen-bond donors (Lipinski definition) is 1. The Kier molecular flexibility index (Phi) is 7.34. The van der Waals surface area contributed by atoms with Crippen molar-refractivity contribution in [1.29, 1.82) is 0 Å². The van der Waals surface area contributed by atoms with E-state index in [1.54, 1.807) is 48.5 Å². The Balaban J connectivity index is 1.66. The molecule has 7 nitrogen and oxygen atoms in total. The number of thiazole rings is 1. The average Bonchev–Trinajstić information content (AvgIpc) is 3.46. The third-order valence-electron chi connectivity index (χ3n) is 6.49. The van der Waals surface area contributed by atoms with Crippen LogP contribution in [-0.4, -0.2) is 35.5 Å². The molecule has 0 saturated carbocycles. The highest BCUT2D eigenvalue weighted by molar-refractivity contribution is 7.22. The van der Waals surface area contributed by atoms with Gasteiger partial charge in [-0.3, -0.25) is 14.5 Å². The average molecular weight is 547 g/mol. The molecule has 0 bridgehead atoms. The fourth-order valence-corrected chi connectivity index (χ4v) is 5.48. The number of benzene rings is 3. The van der Waals surface area contributed by atoms with Crippen LogP contribution >= 0.6 is 11.3 Å². The zero-order chi connectivity index (χ0) is 27.7. The Hall–Kier alpha value is -4.24. The summed E-state index contributed by atoms with van der Waals surface area (Å²) in [6.07, 6.45) is 0.861. The summed E-state index contributed by atoms with van der Waals surface area (Å²) < 4.78 is 25.9. The molecule has 1 aromatic heterocycles. The van der Waals surface area contributed by atoms with Crippen LogP contribution in [0.1, 0.15) is 37.4 Å². The van der Waals surface area contributed by atoms with Crippen LogP contribution in [0, 0.1) is 11.7 Å². The van der Waals surface area contributed by atoms with E-state index < -0.39 is 23.5 Å². The van der Waals surface area contributed by atoms with Gasteiger partial charge in [-0.25, -0.2) is 9.37 Å². The largest absolute Gasteiger partial charge is 0.507 e. The second kappa shape index (κ2) is 10.9. The number of fused-ring (bicyclic) bond motifs is 1. The van der Waals surface area contributed by atoms with Gasteiger partial charge in [-0.05, 0) is 48.2 Å². The summed E-state index contributed by atoms with van der Waals surface area (Å²) in [5, 5.41) is 11.5. The molecule has 4 aromatic rings. The Morgan fingerprint density at radius 3 is 2.56 bits per heavy atom. The molecule has 5 rings (SSSR count). The highest BCUT2D eigenvalue weighted by Crippen LogP contribution is 2.46. The molecule has 1 aliphatic heterocycles. The molecular formula is C30H27FN2O5S. The molecule has 1 N–H and O–H groups in total. The summed E-state index contributed by atoms with van der Waals surface area (Å²) in [6.45, 7) is 4.72. The van der Waals surface area contributed by atoms with Crippen molar-refractivity contribution in [2.24, 2.45) is 5.92 Å². The predicted octanol–water partition coefficient (Wildman–Crippen LogP) is 6.50. The number of anilines is 1. The predicted molar refractivity (Wildman–Crippen MR) is 149 cm³/mol. The van der Waals surface area contributed by atoms with Crippen LogP contribution in [0.15, 0.2) is 72.3 Å². The molecule has 1 aliphatic rings. The SMILES string of the molecule is COc1cc(C2/C(=C(\O)c3ccccc3)C(=O)C(=O)N2c2nc3ccc(F)cc3s2)ccc1OCCC(C)C. The molecule has 200 valence electrons. The minimum atomic E-state index is -1.01. The van der Waals surface area contributed by atoms with E-state index in [0.29, 0.717) is 45.4 Å². The molecule has 1 atom stereocenters. The number of aliphatic hydroxyl groups is 1. The normalized spacial score (nSPS) is 16.8. The fraction of sp³-hybridized carbons (Fsp3) is 0.233. The number of amides is 1. The van der Waals surface area contributed by atoms with E-state index in [9.17, 15) is 19.1 Å². The lowest BCUT2D eigenvalue weighted by molar-refractivity contribution is -0.132. The van der Waals surface area contributed by atoms with Gasteiger partial charge >= 0.3 is 5.91 Å². The molecule has 9 heteroatoms. The summed E-state index contributed by atoms with van der Waals surface area (Å²) in [5.74, 6) is -1.00. The quantitative estimate of drug-likeness (QED) is 0.154. The van der Waals surface area contributed by atoms with Gasteiger partial charge in [-0.2, -0.15) is 0 Å². The summed E-state index contributed by atoms with van der Waals surface area (Å²) in [6, 6.07) is 16.9. The lowest BCUT2D eigenvalue weighted by Crippen LogP contribution is -2.29. The van der Waals surface area contributed by atoms with Crippen molar-refractivity contribution in [3.05, 3.63) is 89.2 Å². The van der Waals surface area contributed by atoms with Gasteiger partial charge in [-0.15, -0.1) is 0 Å². The molecule has 0 radical (unpaired) electrons. The smallest absolute Gasteiger partial charge is 0.301 e. The molecular weight excluding hydrogens is 519 g/mol. The fourth-order valence-electron chi connectivity index (χ4n) is 4.46. The van der Waals surface area contributed by atoms with Crippen molar-refractivity contribution in [2.75, 3.05) is 18.6 Å². The number of nitrogens with zero attached hydrogens (tertiary/aromatic N) is 2. The van der Waals surface area contributed by atoms with E-state index in [4.69, 9.17) is 9.47 Å². The third-order valence-corrected chi connectivity index (χ3v) is 7.51. The second-order valence-corrected chi connectivity index (χ2v) is 10.6. The first kappa shape index (κ1) is 26.4. The maximum Gasteiger partial charge on any atom is 0.301 e. The Morgan fingerprint density at radius 1 is 1.08 bits per heavy atom. The number of ketones is 1. The van der Waals surface area contributed by atoms with Crippen LogP contribution in [0.3, 0.4) is 0 Å². The molecule has 1 saturated heterocycles. The van der Waals surface area contributed by atoms with Gasteiger partial charge in [0.05, 0.1) is 35.5 Å². The van der Waals surface area contributed by atoms with E-state index in [1.165, 1.54) is 30.2 Å². The number of halogens is 1. The standard InChI is InChI=1S/C30H27FN2O5S/c1-17(2)13-14-38-22-12-9-19(15-23(22)37-3)26-25(27(34)18-7-5-4-6-8-18)28(35)29(36)33(26)30-32-21-11-10-20(31)16-24(21)39-30/h4-12,15-17,26,34H,13-14H2,1-3H3/b27-25+. The number of hydrogen-bond acceptors (Lipinski definition) is 7. The van der Waals surface area contributed by atoms with Crippen molar-refractivity contribution < 1.29 is 28.6 Å². The lowest BCUT2D eigenvalue weighted by Gasteiger charge is -2.24. The van der Waals surface area contributed by atoms with E-state index in [2.05, 4.69) is 18.8 Å². The molecule has 0 aliphatic carbocycles. The van der Waals surface area contributed by atoms with Gasteiger partial charge in [0.2, 0.25) is 0 Å². The molecule has 1 amide bonds. The van der Waals surface area contributed by atoms with Crippen molar-refractivity contribution >= 4 is 44.1 Å². The van der Waals surface area contributed by atoms with Crippen LogP contribution in [0.2, 0.25) is 0 Å². The second-order valence-electron chi connectivity index (χ2n) is 9.58. The first-order valence-corrected chi connectivity index (χ1v) is 13.3. The maximum atomic E-state index is 13.9. The van der Waals surface area contributed by atoms with E-state index >= 15 is 0 Å². The number of rotatable bonds is 8. The Morgan fingerprint density at radius 2 is 1.85 bits per heavy atom. The molecule has 3 aromatic carbocycles. The number of methoxy groups -OCH3 is 1. The summed E-state index contributed by atoms with van der Waals surface area (Å²) in [4.78, 5) is 32.7. The van der Waals surface area contributed by atoms with E-state index in [-0.39, 0.29) is 16.5 Å². The monoisotopic (exact) mass is 546 g/mol. The number of carbonyl (C=O) groups excluding carboxylic acids is 2. The lowest BCUT2D eigenvalue weighted by atomic mass is 9.95. The Labute approximate surface area is 229 Å². The number of carbonyl (C=O) groups is 2. The minimum absolute atomic E-state index is 0.0767. The Bertz CT molecular complexity index is 1580. The molecule has 2 heterocycles. The van der Waals surface area contributed by atoms with Crippen molar-refractivity contribution in [3.63, 3.8) is 0 Å². The van der Waals surface area contributed by atoms with Gasteiger partial charge in [-0.1, -0.05) is 61.6 Å². The number of Topliss-reactive ketones (excluding diaryl/α,β-unsaturated/α-hetero) is 1. The molecule has 1 unspecified atom stereocenters. The van der Waals surface area contributed by atoms with Crippen LogP contribution in [0.25, 0.3) is 16.0 Å². The van der Waals surface area contributed by atoms with Gasteiger partial charge in [0.25, 0.3) is 5.78 Å². The zero-order valence-electron chi connectivity index (χ0n) is 21.7. The third kappa shape index (κ3) is 5.09. The molecule has 1 fully saturated rings. The molecule has 39 heavy (non-hydrogen) atoms. The van der Waals surface area contributed by atoms with Gasteiger partial charge in [0.1, 0.15) is 11.6 Å². The molecule has 0 spiro atoms. The number of aromatic nitrogens is 1. The van der Waals surface area contributed by atoms with Crippen molar-refractivity contribution in [3.8, 4) is 11.5 Å². The van der Waals surface area contributed by atoms with Crippen molar-refractivity contribution in [2.45, 2.75) is 26.3 Å². The summed E-state index contributed by atoms with van der Waals surface area (Å²) >= 11 is 1.09. The first-order valence-electron chi connectivity index (χ1n) is 12.5. The topological polar surface area (TPSA) is 89.0 Å². The van der Waals surface area contributed by atoms with Crippen LogP contribution in [-0.2, 0) is 9.59 Å². The van der Waals surface area contributed by atoms with Crippen LogP contribution < -0.4 is 14.4 Å². The van der Waals surface area contributed by atoms with Crippen LogP contribution in [0.5, 0.6) is 11.5 Å². The number of aliphatic hydroxyl groups excluding tert-OH is 1. The summed E-state index contributed by atoms with van der Waals surface area (Å²) in [5.41, 5.74) is 1.33. The van der Waals surface area contributed by atoms with E-state index in [1.807, 2.05) is 0 Å². The number of ether oxygens (including phenoxy) is 2. The van der Waals surface area contributed by atoms with Gasteiger partial charge in [0.15, 0.2) is 16.6 Å². The highest BCUT2D eigenvalue weighted by Gasteiger charge is 2.48. The van der Waals surface area contributed by atoms with Crippen LogP contribution in [0.4, 0.5) is 9.52 Å². The van der Waals surface area contributed by atoms with E-state index in [0.717, 1.165) is 17.8 Å². The van der Waals surface area contributed by atoms with Crippen molar-refractivity contribution in [1.82, 2.24) is 4.98 Å². The summed E-state index contributed by atoms with van der Waals surface area (Å²) in [7, 11) is 1.51. The van der Waals surface area contributed by atoms with Gasteiger partial charge in [0, 0.05) is 5.56 Å². The highest BCUT2D eigenvalue weighted by atomic mass is 32.1. The minimum Gasteiger partial charge on any atom is -0.507 e. The van der Waals surface area contributed by atoms with Gasteiger partial charge < -0.3 is 14.6 Å². The first-order chi connectivity index (χ1) is 18.8. The maximum absolute atomic E-state index is 13.9.